The third kappa shape index (κ3) is 3.67. The molecule has 1 atom stereocenters. The molecule has 4 rings (SSSR count). The number of hydrogen-bond acceptors (Lipinski definition) is 5. The summed E-state index contributed by atoms with van der Waals surface area (Å²) in [5.74, 6) is 1.41. The molecule has 0 aromatic carbocycles. The third-order valence-corrected chi connectivity index (χ3v) is 5.17. The van der Waals surface area contributed by atoms with Crippen molar-refractivity contribution in [1.29, 1.82) is 0 Å². The zero-order valence-electron chi connectivity index (χ0n) is 15.5. The molecule has 142 valence electrons. The van der Waals surface area contributed by atoms with E-state index in [2.05, 4.69) is 14.9 Å². The average Bonchev–Trinajstić information content (AvgIpc) is 3.34. The zero-order chi connectivity index (χ0) is 18.8. The maximum Gasteiger partial charge on any atom is 0.260 e. The van der Waals surface area contributed by atoms with Crippen LogP contribution in [0.15, 0.2) is 35.3 Å². The van der Waals surface area contributed by atoms with Gasteiger partial charge in [-0.25, -0.2) is 4.98 Å². The van der Waals surface area contributed by atoms with E-state index in [0.29, 0.717) is 13.1 Å². The van der Waals surface area contributed by atoms with Crippen LogP contribution in [0.1, 0.15) is 35.3 Å². The number of anilines is 1. The quantitative estimate of drug-likeness (QED) is 0.893. The van der Waals surface area contributed by atoms with Crippen molar-refractivity contribution in [1.82, 2.24) is 14.9 Å². The van der Waals surface area contributed by atoms with E-state index in [0.717, 1.165) is 36.8 Å². The highest BCUT2D eigenvalue weighted by atomic mass is 16.5. The molecular weight excluding hydrogens is 344 g/mol. The Morgan fingerprint density at radius 1 is 1.22 bits per heavy atom. The van der Waals surface area contributed by atoms with Crippen LogP contribution in [0.2, 0.25) is 0 Å². The maximum atomic E-state index is 12.7. The second kappa shape index (κ2) is 7.42. The number of rotatable bonds is 4. The van der Waals surface area contributed by atoms with E-state index in [-0.39, 0.29) is 23.1 Å². The molecule has 2 aliphatic heterocycles. The molecule has 0 radical (unpaired) electrons. The van der Waals surface area contributed by atoms with E-state index >= 15 is 0 Å². The standard InChI is InChI=1S/C20H24N4O3/c1-14-6-7-16(19(25)22-14)20(26)24-12-8-15(13-24)27-17-5-4-9-21-18(17)23-10-2-3-11-23/h4-7,9,15H,2-3,8,10-13H2,1H3,(H,22,25)/t15-/m0/s1. The summed E-state index contributed by atoms with van der Waals surface area (Å²) < 4.78 is 6.20. The third-order valence-electron chi connectivity index (χ3n) is 5.17. The summed E-state index contributed by atoms with van der Waals surface area (Å²) in [5.41, 5.74) is 0.582. The Kier molecular flexibility index (Phi) is 4.83. The van der Waals surface area contributed by atoms with Crippen LogP contribution in [0.5, 0.6) is 5.75 Å². The van der Waals surface area contributed by atoms with Gasteiger partial charge in [-0.15, -0.1) is 0 Å². The average molecular weight is 368 g/mol. The van der Waals surface area contributed by atoms with Gasteiger partial charge >= 0.3 is 0 Å². The summed E-state index contributed by atoms with van der Waals surface area (Å²) in [6.45, 7) is 4.84. The van der Waals surface area contributed by atoms with Crippen LogP contribution in [0.4, 0.5) is 5.82 Å². The summed E-state index contributed by atoms with van der Waals surface area (Å²) >= 11 is 0. The SMILES string of the molecule is Cc1ccc(C(=O)N2CC[C@H](Oc3cccnc3N3CCCC3)C2)c(=O)[nH]1. The molecule has 2 aromatic rings. The van der Waals surface area contributed by atoms with Gasteiger partial charge in [-0.1, -0.05) is 0 Å². The first kappa shape index (κ1) is 17.6. The van der Waals surface area contributed by atoms with Crippen LogP contribution in [-0.2, 0) is 0 Å². The van der Waals surface area contributed by atoms with Gasteiger partial charge in [-0.2, -0.15) is 0 Å². The number of nitrogens with zero attached hydrogens (tertiary/aromatic N) is 3. The molecular formula is C20H24N4O3. The zero-order valence-corrected chi connectivity index (χ0v) is 15.5. The molecule has 0 aliphatic carbocycles. The minimum absolute atomic E-state index is 0.0935. The second-order valence-electron chi connectivity index (χ2n) is 7.18. The summed E-state index contributed by atoms with van der Waals surface area (Å²) in [7, 11) is 0. The number of ether oxygens (including phenoxy) is 1. The van der Waals surface area contributed by atoms with E-state index in [4.69, 9.17) is 4.74 Å². The second-order valence-corrected chi connectivity index (χ2v) is 7.18. The lowest BCUT2D eigenvalue weighted by Gasteiger charge is -2.22. The first-order valence-electron chi connectivity index (χ1n) is 9.47. The highest BCUT2D eigenvalue weighted by Crippen LogP contribution is 2.30. The van der Waals surface area contributed by atoms with Gasteiger partial charge in [0.2, 0.25) is 0 Å². The van der Waals surface area contributed by atoms with Crippen molar-refractivity contribution in [3.05, 3.63) is 52.1 Å². The number of aromatic nitrogens is 2. The predicted octanol–water partition coefficient (Wildman–Crippen LogP) is 1.97. The fourth-order valence-electron chi connectivity index (χ4n) is 3.74. The van der Waals surface area contributed by atoms with E-state index in [1.807, 2.05) is 12.1 Å². The highest BCUT2D eigenvalue weighted by Gasteiger charge is 2.30. The molecule has 1 N–H and O–H groups in total. The number of hydrogen-bond donors (Lipinski definition) is 1. The largest absolute Gasteiger partial charge is 0.485 e. The van der Waals surface area contributed by atoms with E-state index < -0.39 is 0 Å². The topological polar surface area (TPSA) is 78.5 Å². The van der Waals surface area contributed by atoms with Crippen molar-refractivity contribution >= 4 is 11.7 Å². The van der Waals surface area contributed by atoms with Crippen LogP contribution in [0.25, 0.3) is 0 Å². The van der Waals surface area contributed by atoms with Gasteiger partial charge in [-0.05, 0) is 44.0 Å². The molecule has 7 nitrogen and oxygen atoms in total. The molecule has 1 amide bonds. The Balaban J connectivity index is 1.45. The fraction of sp³-hybridized carbons (Fsp3) is 0.450. The number of H-pyrrole nitrogens is 1. The molecule has 7 heteroatoms. The molecule has 2 fully saturated rings. The molecule has 0 saturated carbocycles. The lowest BCUT2D eigenvalue weighted by Crippen LogP contribution is -2.34. The highest BCUT2D eigenvalue weighted by molar-refractivity contribution is 5.94. The first-order chi connectivity index (χ1) is 13.1. The van der Waals surface area contributed by atoms with E-state index in [9.17, 15) is 9.59 Å². The number of likely N-dealkylation sites (tertiary alicyclic amines) is 1. The molecule has 0 unspecified atom stereocenters. The number of nitrogens with one attached hydrogen (secondary N) is 1. The van der Waals surface area contributed by atoms with Crippen LogP contribution in [0.3, 0.4) is 0 Å². The maximum absolute atomic E-state index is 12.7. The van der Waals surface area contributed by atoms with Crippen LogP contribution < -0.4 is 15.2 Å². The monoisotopic (exact) mass is 368 g/mol. The Labute approximate surface area is 158 Å². The lowest BCUT2D eigenvalue weighted by molar-refractivity contribution is 0.0770. The van der Waals surface area contributed by atoms with Gasteiger partial charge in [-0.3, -0.25) is 9.59 Å². The Bertz CT molecular complexity index is 889. The van der Waals surface area contributed by atoms with Crippen LogP contribution in [-0.4, -0.2) is 53.1 Å². The summed E-state index contributed by atoms with van der Waals surface area (Å²) in [5, 5.41) is 0. The Hall–Kier alpha value is -2.83. The van der Waals surface area contributed by atoms with Crippen molar-refractivity contribution in [2.24, 2.45) is 0 Å². The Morgan fingerprint density at radius 2 is 2.04 bits per heavy atom. The molecule has 0 bridgehead atoms. The number of carbonyl (C=O) groups is 1. The van der Waals surface area contributed by atoms with Crippen molar-refractivity contribution in [2.75, 3.05) is 31.1 Å². The summed E-state index contributed by atoms with van der Waals surface area (Å²) in [4.78, 5) is 35.9. The molecule has 0 spiro atoms. The van der Waals surface area contributed by atoms with Gasteiger partial charge in [0.25, 0.3) is 11.5 Å². The molecule has 2 saturated heterocycles. The Morgan fingerprint density at radius 3 is 2.81 bits per heavy atom. The normalized spacial score (nSPS) is 19.5. The van der Waals surface area contributed by atoms with Crippen molar-refractivity contribution in [3.8, 4) is 5.75 Å². The van der Waals surface area contributed by atoms with Gasteiger partial charge < -0.3 is 19.5 Å². The number of amides is 1. The molecule has 2 aromatic heterocycles. The molecule has 4 heterocycles. The van der Waals surface area contributed by atoms with Crippen molar-refractivity contribution in [2.45, 2.75) is 32.3 Å². The van der Waals surface area contributed by atoms with E-state index in [1.54, 1.807) is 30.2 Å². The first-order valence-corrected chi connectivity index (χ1v) is 9.47. The van der Waals surface area contributed by atoms with Gasteiger partial charge in [0.05, 0.1) is 6.54 Å². The summed E-state index contributed by atoms with van der Waals surface area (Å²) in [6, 6.07) is 7.16. The number of aromatic amines is 1. The predicted molar refractivity (Wildman–Crippen MR) is 102 cm³/mol. The van der Waals surface area contributed by atoms with Gasteiger partial charge in [0.1, 0.15) is 11.7 Å². The van der Waals surface area contributed by atoms with Crippen LogP contribution in [0, 0.1) is 6.92 Å². The van der Waals surface area contributed by atoms with Gasteiger partial charge in [0, 0.05) is 37.9 Å². The minimum Gasteiger partial charge on any atom is -0.485 e. The smallest absolute Gasteiger partial charge is 0.260 e. The van der Waals surface area contributed by atoms with Crippen LogP contribution >= 0.6 is 0 Å². The number of aryl methyl sites for hydroxylation is 1. The fourth-order valence-corrected chi connectivity index (χ4v) is 3.74. The van der Waals surface area contributed by atoms with Crippen molar-refractivity contribution < 1.29 is 9.53 Å². The minimum atomic E-state index is -0.340. The number of carbonyl (C=O) groups excluding carboxylic acids is 1. The van der Waals surface area contributed by atoms with Crippen molar-refractivity contribution in [3.63, 3.8) is 0 Å². The van der Waals surface area contributed by atoms with Gasteiger partial charge in [0.15, 0.2) is 11.6 Å². The summed E-state index contributed by atoms with van der Waals surface area (Å²) in [6.07, 6.45) is 4.78. The van der Waals surface area contributed by atoms with E-state index in [1.165, 1.54) is 12.8 Å². The molecule has 27 heavy (non-hydrogen) atoms. The number of pyridine rings is 2. The lowest BCUT2D eigenvalue weighted by atomic mass is 10.2. The molecule has 2 aliphatic rings.